The lowest BCUT2D eigenvalue weighted by Crippen LogP contribution is -2.00. The van der Waals surface area contributed by atoms with Crippen LogP contribution < -0.4 is 0 Å². The second kappa shape index (κ2) is 4.96. The smallest absolute Gasteiger partial charge is 0.336 e. The van der Waals surface area contributed by atoms with Gasteiger partial charge in [0.05, 0.1) is 11.6 Å². The summed E-state index contributed by atoms with van der Waals surface area (Å²) >= 11 is 1.99. The molecule has 0 saturated heterocycles. The second-order valence-electron chi connectivity index (χ2n) is 2.78. The molecule has 3 nitrogen and oxygen atoms in total. The molecule has 0 aromatic heterocycles. The Morgan fingerprint density at radius 2 is 2.29 bits per heavy atom. The van der Waals surface area contributed by atoms with Gasteiger partial charge in [0.2, 0.25) is 0 Å². The lowest BCUT2D eigenvalue weighted by Gasteiger charge is -2.01. The van der Waals surface area contributed by atoms with E-state index in [1.165, 1.54) is 0 Å². The third-order valence-corrected chi connectivity index (χ3v) is 2.68. The summed E-state index contributed by atoms with van der Waals surface area (Å²) in [6, 6.07) is 7.19. The number of halogens is 1. The molecule has 1 rings (SSSR count). The SMILES string of the molecule is N#CCCc1ccc(C(=O)O)c(I)c1. The zero-order chi connectivity index (χ0) is 10.6. The van der Waals surface area contributed by atoms with Gasteiger partial charge in [-0.15, -0.1) is 0 Å². The molecule has 0 atom stereocenters. The Morgan fingerprint density at radius 1 is 1.57 bits per heavy atom. The molecule has 0 aliphatic carbocycles. The van der Waals surface area contributed by atoms with E-state index < -0.39 is 5.97 Å². The Kier molecular flexibility index (Phi) is 3.89. The number of carbonyl (C=O) groups is 1. The van der Waals surface area contributed by atoms with Crippen LogP contribution in [0.25, 0.3) is 0 Å². The van der Waals surface area contributed by atoms with E-state index in [-0.39, 0.29) is 0 Å². The van der Waals surface area contributed by atoms with Crippen molar-refractivity contribution < 1.29 is 9.90 Å². The minimum absolute atomic E-state index is 0.311. The van der Waals surface area contributed by atoms with Crippen molar-refractivity contribution in [3.63, 3.8) is 0 Å². The van der Waals surface area contributed by atoms with Gasteiger partial charge in [0.1, 0.15) is 0 Å². The molecule has 14 heavy (non-hydrogen) atoms. The molecular weight excluding hydrogens is 293 g/mol. The predicted molar refractivity (Wildman–Crippen MR) is 60.1 cm³/mol. The number of carboxylic acid groups (broad SMARTS) is 1. The van der Waals surface area contributed by atoms with Gasteiger partial charge in [-0.3, -0.25) is 0 Å². The molecule has 1 aromatic carbocycles. The first-order chi connectivity index (χ1) is 6.65. The number of benzene rings is 1. The summed E-state index contributed by atoms with van der Waals surface area (Å²) < 4.78 is 0.713. The van der Waals surface area contributed by atoms with Crippen LogP contribution in [0.3, 0.4) is 0 Å². The quantitative estimate of drug-likeness (QED) is 0.872. The van der Waals surface area contributed by atoms with Crippen molar-refractivity contribution in [3.05, 3.63) is 32.9 Å². The molecule has 1 aromatic rings. The third kappa shape index (κ3) is 2.70. The molecule has 0 saturated carbocycles. The normalized spacial score (nSPS) is 9.43. The molecule has 0 amide bonds. The van der Waals surface area contributed by atoms with Crippen molar-refractivity contribution in [2.45, 2.75) is 12.8 Å². The van der Waals surface area contributed by atoms with Crippen LogP contribution in [0.1, 0.15) is 22.3 Å². The van der Waals surface area contributed by atoms with Crippen LogP contribution >= 0.6 is 22.6 Å². The van der Waals surface area contributed by atoms with E-state index in [9.17, 15) is 4.79 Å². The van der Waals surface area contributed by atoms with Crippen molar-refractivity contribution in [3.8, 4) is 6.07 Å². The van der Waals surface area contributed by atoms with Crippen LogP contribution in [-0.4, -0.2) is 11.1 Å². The molecule has 0 aliphatic heterocycles. The molecule has 0 aliphatic rings. The molecule has 72 valence electrons. The van der Waals surface area contributed by atoms with Crippen molar-refractivity contribution in [2.24, 2.45) is 0 Å². The zero-order valence-electron chi connectivity index (χ0n) is 7.33. The fourth-order valence-corrected chi connectivity index (χ4v) is 1.90. The van der Waals surface area contributed by atoms with Crippen LogP contribution in [0, 0.1) is 14.9 Å². The fourth-order valence-electron chi connectivity index (χ4n) is 1.09. The number of nitriles is 1. The average molecular weight is 301 g/mol. The minimum atomic E-state index is -0.916. The first kappa shape index (κ1) is 11.0. The van der Waals surface area contributed by atoms with Gasteiger partial charge in [0, 0.05) is 9.99 Å². The van der Waals surface area contributed by atoms with Gasteiger partial charge in [-0.2, -0.15) is 5.26 Å². The Hall–Kier alpha value is -1.09. The summed E-state index contributed by atoms with van der Waals surface area (Å²) in [5, 5.41) is 17.2. The van der Waals surface area contributed by atoms with E-state index in [1.54, 1.807) is 18.2 Å². The fraction of sp³-hybridized carbons (Fsp3) is 0.200. The minimum Gasteiger partial charge on any atom is -0.478 e. The highest BCUT2D eigenvalue weighted by Crippen LogP contribution is 2.15. The van der Waals surface area contributed by atoms with E-state index in [0.717, 1.165) is 5.56 Å². The van der Waals surface area contributed by atoms with Crippen LogP contribution in [-0.2, 0) is 6.42 Å². The number of aryl methyl sites for hydroxylation is 1. The molecule has 0 radical (unpaired) electrons. The van der Waals surface area contributed by atoms with Crippen molar-refractivity contribution >= 4 is 28.6 Å². The van der Waals surface area contributed by atoms with E-state index in [1.807, 2.05) is 22.6 Å². The van der Waals surface area contributed by atoms with Crippen LogP contribution in [0.5, 0.6) is 0 Å². The summed E-state index contributed by atoms with van der Waals surface area (Å²) in [5.41, 5.74) is 1.31. The number of nitrogens with zero attached hydrogens (tertiary/aromatic N) is 1. The molecule has 0 spiro atoms. The number of hydrogen-bond acceptors (Lipinski definition) is 2. The van der Waals surface area contributed by atoms with Gasteiger partial charge in [-0.1, -0.05) is 6.07 Å². The van der Waals surface area contributed by atoms with Gasteiger partial charge in [-0.05, 0) is 46.7 Å². The van der Waals surface area contributed by atoms with Crippen molar-refractivity contribution in [1.82, 2.24) is 0 Å². The second-order valence-corrected chi connectivity index (χ2v) is 3.94. The first-order valence-electron chi connectivity index (χ1n) is 4.04. The standard InChI is InChI=1S/C10H8INO2/c11-9-6-7(2-1-5-12)3-4-8(9)10(13)14/h3-4,6H,1-2H2,(H,13,14). The third-order valence-electron chi connectivity index (χ3n) is 1.79. The summed E-state index contributed by atoms with van der Waals surface area (Å²) in [4.78, 5) is 10.7. The zero-order valence-corrected chi connectivity index (χ0v) is 9.48. The van der Waals surface area contributed by atoms with Gasteiger partial charge in [0.15, 0.2) is 0 Å². The van der Waals surface area contributed by atoms with Crippen molar-refractivity contribution in [2.75, 3.05) is 0 Å². The maximum atomic E-state index is 10.7. The Balaban J connectivity index is 2.90. The average Bonchev–Trinajstić information content (AvgIpc) is 2.14. The van der Waals surface area contributed by atoms with Crippen LogP contribution in [0.15, 0.2) is 18.2 Å². The molecular formula is C10H8INO2. The first-order valence-corrected chi connectivity index (χ1v) is 5.11. The van der Waals surface area contributed by atoms with Crippen LogP contribution in [0.2, 0.25) is 0 Å². The topological polar surface area (TPSA) is 61.1 Å². The Bertz CT molecular complexity index is 396. The summed E-state index contributed by atoms with van der Waals surface area (Å²) in [5.74, 6) is -0.916. The van der Waals surface area contributed by atoms with Gasteiger partial charge < -0.3 is 5.11 Å². The predicted octanol–water partition coefficient (Wildman–Crippen LogP) is 2.45. The van der Waals surface area contributed by atoms with E-state index in [0.29, 0.717) is 22.0 Å². The monoisotopic (exact) mass is 301 g/mol. The summed E-state index contributed by atoms with van der Waals surface area (Å²) in [6.45, 7) is 0. The van der Waals surface area contributed by atoms with Gasteiger partial charge >= 0.3 is 5.97 Å². The lowest BCUT2D eigenvalue weighted by atomic mass is 10.1. The van der Waals surface area contributed by atoms with E-state index in [4.69, 9.17) is 10.4 Å². The highest BCUT2D eigenvalue weighted by atomic mass is 127. The Morgan fingerprint density at radius 3 is 2.79 bits per heavy atom. The molecule has 1 N–H and O–H groups in total. The maximum Gasteiger partial charge on any atom is 0.336 e. The molecule has 0 unspecified atom stereocenters. The largest absolute Gasteiger partial charge is 0.478 e. The highest BCUT2D eigenvalue weighted by molar-refractivity contribution is 14.1. The van der Waals surface area contributed by atoms with E-state index >= 15 is 0 Å². The summed E-state index contributed by atoms with van der Waals surface area (Å²) in [7, 11) is 0. The lowest BCUT2D eigenvalue weighted by molar-refractivity contribution is 0.0695. The highest BCUT2D eigenvalue weighted by Gasteiger charge is 2.07. The number of carboxylic acids is 1. The molecule has 4 heteroatoms. The van der Waals surface area contributed by atoms with Crippen molar-refractivity contribution in [1.29, 1.82) is 5.26 Å². The molecule has 0 bridgehead atoms. The number of rotatable bonds is 3. The van der Waals surface area contributed by atoms with Crippen LogP contribution in [0.4, 0.5) is 0 Å². The Labute approximate surface area is 95.5 Å². The maximum absolute atomic E-state index is 10.7. The molecule has 0 fully saturated rings. The number of aromatic carboxylic acids is 1. The van der Waals surface area contributed by atoms with E-state index in [2.05, 4.69) is 6.07 Å². The van der Waals surface area contributed by atoms with Gasteiger partial charge in [0.25, 0.3) is 0 Å². The van der Waals surface area contributed by atoms with Gasteiger partial charge in [-0.25, -0.2) is 4.79 Å². The molecule has 0 heterocycles. The number of hydrogen-bond donors (Lipinski definition) is 1. The summed E-state index contributed by atoms with van der Waals surface area (Å²) in [6.07, 6.45) is 1.13.